The van der Waals surface area contributed by atoms with Gasteiger partial charge < -0.3 is 10.6 Å². The summed E-state index contributed by atoms with van der Waals surface area (Å²) in [6.07, 6.45) is 3.05. The Hall–Kier alpha value is -0.220. The van der Waals surface area contributed by atoms with Gasteiger partial charge in [0.05, 0.1) is 6.04 Å². The van der Waals surface area contributed by atoms with E-state index in [1.54, 1.807) is 11.8 Å². The van der Waals surface area contributed by atoms with Crippen LogP contribution in [0.1, 0.15) is 34.1 Å². The van der Waals surface area contributed by atoms with Gasteiger partial charge in [-0.2, -0.15) is 11.8 Å². The summed E-state index contributed by atoms with van der Waals surface area (Å²) < 4.78 is 0. The van der Waals surface area contributed by atoms with Crippen LogP contribution in [0.25, 0.3) is 0 Å². The molecule has 0 aliphatic carbocycles. The second-order valence-electron chi connectivity index (χ2n) is 3.99. The maximum Gasteiger partial charge on any atom is 0.237 e. The zero-order chi connectivity index (χ0) is 11.8. The van der Waals surface area contributed by atoms with Crippen molar-refractivity contribution in [3.63, 3.8) is 0 Å². The lowest BCUT2D eigenvalue weighted by Gasteiger charge is -2.18. The zero-order valence-electron chi connectivity index (χ0n) is 10.5. The van der Waals surface area contributed by atoms with Crippen molar-refractivity contribution in [2.24, 2.45) is 0 Å². The fourth-order valence-corrected chi connectivity index (χ4v) is 1.25. The lowest BCUT2D eigenvalue weighted by atomic mass is 10.2. The molecule has 3 nitrogen and oxygen atoms in total. The predicted octanol–water partition coefficient (Wildman–Crippen LogP) is 1.63. The van der Waals surface area contributed by atoms with Crippen LogP contribution in [-0.2, 0) is 4.79 Å². The smallest absolute Gasteiger partial charge is 0.237 e. The first kappa shape index (κ1) is 14.8. The van der Waals surface area contributed by atoms with Crippen molar-refractivity contribution in [3.05, 3.63) is 0 Å². The standard InChI is InChI=1S/C11H24N2OS/c1-6-8(2)13-11(14)10(4)12-7-9(3)15-5/h8-10,12H,6-7H2,1-5H3,(H,13,14). The minimum atomic E-state index is -0.103. The molecule has 0 aromatic heterocycles. The Morgan fingerprint density at radius 3 is 2.40 bits per heavy atom. The number of nitrogens with one attached hydrogen (secondary N) is 2. The summed E-state index contributed by atoms with van der Waals surface area (Å²) in [5.41, 5.74) is 0. The molecular weight excluding hydrogens is 208 g/mol. The van der Waals surface area contributed by atoms with Gasteiger partial charge in [0.1, 0.15) is 0 Å². The van der Waals surface area contributed by atoms with Crippen LogP contribution in [0.4, 0.5) is 0 Å². The Balaban J connectivity index is 3.78. The fraction of sp³-hybridized carbons (Fsp3) is 0.909. The summed E-state index contributed by atoms with van der Waals surface area (Å²) in [6.45, 7) is 9.02. The molecule has 0 aliphatic rings. The maximum absolute atomic E-state index is 11.6. The van der Waals surface area contributed by atoms with E-state index < -0.39 is 0 Å². The third kappa shape index (κ3) is 6.79. The van der Waals surface area contributed by atoms with E-state index in [2.05, 4.69) is 30.7 Å². The quantitative estimate of drug-likeness (QED) is 0.701. The summed E-state index contributed by atoms with van der Waals surface area (Å²) in [4.78, 5) is 11.6. The Kier molecular flexibility index (Phi) is 7.88. The van der Waals surface area contributed by atoms with Gasteiger partial charge in [-0.1, -0.05) is 13.8 Å². The van der Waals surface area contributed by atoms with E-state index >= 15 is 0 Å². The summed E-state index contributed by atoms with van der Waals surface area (Å²) in [6, 6.07) is 0.160. The molecular formula is C11H24N2OS. The monoisotopic (exact) mass is 232 g/mol. The van der Waals surface area contributed by atoms with Gasteiger partial charge in [-0.3, -0.25) is 4.79 Å². The van der Waals surface area contributed by atoms with Crippen LogP contribution >= 0.6 is 11.8 Å². The molecule has 3 atom stereocenters. The number of hydrogen-bond acceptors (Lipinski definition) is 3. The Labute approximate surface area is 97.8 Å². The van der Waals surface area contributed by atoms with Crippen LogP contribution in [0.3, 0.4) is 0 Å². The van der Waals surface area contributed by atoms with Crippen molar-refractivity contribution in [1.82, 2.24) is 10.6 Å². The average Bonchev–Trinajstić information content (AvgIpc) is 2.24. The fourth-order valence-electron chi connectivity index (χ4n) is 0.989. The van der Waals surface area contributed by atoms with E-state index in [1.807, 2.05) is 13.8 Å². The number of amides is 1. The van der Waals surface area contributed by atoms with Crippen molar-refractivity contribution in [2.75, 3.05) is 12.8 Å². The van der Waals surface area contributed by atoms with Gasteiger partial charge in [-0.25, -0.2) is 0 Å². The molecule has 4 heteroatoms. The van der Waals surface area contributed by atoms with Crippen molar-refractivity contribution in [2.45, 2.75) is 51.4 Å². The number of thioether (sulfide) groups is 1. The molecule has 0 aromatic rings. The third-order valence-electron chi connectivity index (χ3n) is 2.51. The van der Waals surface area contributed by atoms with Crippen LogP contribution in [-0.4, -0.2) is 36.0 Å². The first-order chi connectivity index (χ1) is 7.01. The molecule has 2 N–H and O–H groups in total. The molecule has 1 amide bonds. The van der Waals surface area contributed by atoms with Crippen molar-refractivity contribution in [1.29, 1.82) is 0 Å². The highest BCUT2D eigenvalue weighted by Crippen LogP contribution is 2.03. The SMILES string of the molecule is CCC(C)NC(=O)C(C)NCC(C)SC. The molecule has 15 heavy (non-hydrogen) atoms. The highest BCUT2D eigenvalue weighted by Gasteiger charge is 2.14. The molecule has 0 rings (SSSR count). The number of rotatable bonds is 7. The van der Waals surface area contributed by atoms with E-state index in [9.17, 15) is 4.79 Å². The van der Waals surface area contributed by atoms with Gasteiger partial charge in [0.15, 0.2) is 0 Å². The molecule has 0 bridgehead atoms. The maximum atomic E-state index is 11.6. The van der Waals surface area contributed by atoms with Gasteiger partial charge in [0.2, 0.25) is 5.91 Å². The normalized spacial score (nSPS) is 16.9. The van der Waals surface area contributed by atoms with Crippen LogP contribution < -0.4 is 10.6 Å². The second kappa shape index (κ2) is 7.99. The van der Waals surface area contributed by atoms with Gasteiger partial charge in [-0.05, 0) is 26.5 Å². The van der Waals surface area contributed by atoms with Crippen LogP contribution in [0.15, 0.2) is 0 Å². The van der Waals surface area contributed by atoms with Gasteiger partial charge in [-0.15, -0.1) is 0 Å². The lowest BCUT2D eigenvalue weighted by Crippen LogP contribution is -2.46. The van der Waals surface area contributed by atoms with E-state index in [0.717, 1.165) is 13.0 Å². The predicted molar refractivity (Wildman–Crippen MR) is 68.3 cm³/mol. The van der Waals surface area contributed by atoms with Crippen molar-refractivity contribution in [3.8, 4) is 0 Å². The van der Waals surface area contributed by atoms with Crippen LogP contribution in [0.2, 0.25) is 0 Å². The summed E-state index contributed by atoms with van der Waals surface area (Å²) in [5, 5.41) is 6.74. The molecule has 0 saturated carbocycles. The van der Waals surface area contributed by atoms with E-state index in [0.29, 0.717) is 5.25 Å². The van der Waals surface area contributed by atoms with E-state index in [1.165, 1.54) is 0 Å². The number of carbonyl (C=O) groups excluding carboxylic acids is 1. The van der Waals surface area contributed by atoms with Gasteiger partial charge in [0, 0.05) is 17.8 Å². The van der Waals surface area contributed by atoms with Gasteiger partial charge >= 0.3 is 0 Å². The summed E-state index contributed by atoms with van der Waals surface area (Å²) in [7, 11) is 0. The number of hydrogen-bond donors (Lipinski definition) is 2. The van der Waals surface area contributed by atoms with Crippen molar-refractivity contribution >= 4 is 17.7 Å². The van der Waals surface area contributed by atoms with Crippen LogP contribution in [0, 0.1) is 0 Å². The summed E-state index contributed by atoms with van der Waals surface area (Å²) in [5.74, 6) is 0.0950. The Morgan fingerprint density at radius 1 is 1.33 bits per heavy atom. The Bertz CT molecular complexity index is 187. The highest BCUT2D eigenvalue weighted by atomic mass is 32.2. The van der Waals surface area contributed by atoms with Crippen LogP contribution in [0.5, 0.6) is 0 Å². The third-order valence-corrected chi connectivity index (χ3v) is 3.48. The summed E-state index contributed by atoms with van der Waals surface area (Å²) >= 11 is 1.80. The first-order valence-electron chi connectivity index (χ1n) is 5.57. The second-order valence-corrected chi connectivity index (χ2v) is 5.27. The highest BCUT2D eigenvalue weighted by molar-refractivity contribution is 7.99. The van der Waals surface area contributed by atoms with E-state index in [-0.39, 0.29) is 18.0 Å². The lowest BCUT2D eigenvalue weighted by molar-refractivity contribution is -0.123. The zero-order valence-corrected chi connectivity index (χ0v) is 11.3. The molecule has 0 fully saturated rings. The Morgan fingerprint density at radius 2 is 1.93 bits per heavy atom. The average molecular weight is 232 g/mol. The molecule has 0 radical (unpaired) electrons. The molecule has 3 unspecified atom stereocenters. The van der Waals surface area contributed by atoms with Gasteiger partial charge in [0.25, 0.3) is 0 Å². The molecule has 0 aliphatic heterocycles. The topological polar surface area (TPSA) is 41.1 Å². The van der Waals surface area contributed by atoms with E-state index in [4.69, 9.17) is 0 Å². The molecule has 0 saturated heterocycles. The number of carbonyl (C=O) groups is 1. The molecule has 0 heterocycles. The minimum Gasteiger partial charge on any atom is -0.352 e. The largest absolute Gasteiger partial charge is 0.352 e. The molecule has 0 aromatic carbocycles. The molecule has 0 spiro atoms. The first-order valence-corrected chi connectivity index (χ1v) is 6.86. The molecule has 90 valence electrons. The van der Waals surface area contributed by atoms with Crippen molar-refractivity contribution < 1.29 is 4.79 Å². The minimum absolute atomic E-state index is 0.0950.